The lowest BCUT2D eigenvalue weighted by atomic mass is 10.2. The normalized spacial score (nSPS) is 11.6. The third-order valence-electron chi connectivity index (χ3n) is 1.77. The van der Waals surface area contributed by atoms with Crippen molar-refractivity contribution in [3.05, 3.63) is 34.2 Å². The molecule has 0 bridgehead atoms. The SMILES string of the molecule is ON=Cc1cc(Br)c2oc(F)cc2c1. The van der Waals surface area contributed by atoms with Gasteiger partial charge in [-0.15, -0.1) is 0 Å². The van der Waals surface area contributed by atoms with Crippen molar-refractivity contribution in [2.75, 3.05) is 0 Å². The smallest absolute Gasteiger partial charge is 0.278 e. The summed E-state index contributed by atoms with van der Waals surface area (Å²) in [6.07, 6.45) is 1.26. The Hall–Kier alpha value is -1.36. The van der Waals surface area contributed by atoms with E-state index in [-0.39, 0.29) is 0 Å². The Morgan fingerprint density at radius 2 is 2.21 bits per heavy atom. The maximum Gasteiger partial charge on any atom is 0.278 e. The zero-order valence-electron chi connectivity index (χ0n) is 6.87. The number of halogens is 2. The second-order valence-corrected chi connectivity index (χ2v) is 3.57. The van der Waals surface area contributed by atoms with Gasteiger partial charge in [0.15, 0.2) is 5.58 Å². The second kappa shape index (κ2) is 3.42. The topological polar surface area (TPSA) is 45.7 Å². The van der Waals surface area contributed by atoms with Crippen LogP contribution in [-0.4, -0.2) is 11.4 Å². The lowest BCUT2D eigenvalue weighted by Gasteiger charge is -1.95. The maximum absolute atomic E-state index is 12.7. The van der Waals surface area contributed by atoms with E-state index in [0.29, 0.717) is 21.0 Å². The van der Waals surface area contributed by atoms with E-state index < -0.39 is 6.01 Å². The molecule has 0 aliphatic rings. The van der Waals surface area contributed by atoms with Crippen LogP contribution in [0.25, 0.3) is 11.0 Å². The van der Waals surface area contributed by atoms with Crippen molar-refractivity contribution in [3.8, 4) is 0 Å². The molecule has 0 saturated heterocycles. The molecule has 1 aromatic heterocycles. The van der Waals surface area contributed by atoms with Gasteiger partial charge in [-0.2, -0.15) is 4.39 Å². The molecule has 1 heterocycles. The summed E-state index contributed by atoms with van der Waals surface area (Å²) in [6.45, 7) is 0. The molecule has 14 heavy (non-hydrogen) atoms. The molecule has 2 aromatic rings. The molecule has 72 valence electrons. The van der Waals surface area contributed by atoms with Crippen molar-refractivity contribution in [1.82, 2.24) is 0 Å². The van der Waals surface area contributed by atoms with Gasteiger partial charge < -0.3 is 9.62 Å². The highest BCUT2D eigenvalue weighted by Gasteiger charge is 2.07. The summed E-state index contributed by atoms with van der Waals surface area (Å²) >= 11 is 3.23. The second-order valence-electron chi connectivity index (χ2n) is 2.72. The first-order chi connectivity index (χ1) is 6.70. The van der Waals surface area contributed by atoms with Gasteiger partial charge in [0, 0.05) is 11.5 Å². The number of hydrogen-bond acceptors (Lipinski definition) is 3. The first-order valence-corrected chi connectivity index (χ1v) is 4.56. The van der Waals surface area contributed by atoms with Crippen molar-refractivity contribution in [1.29, 1.82) is 0 Å². The predicted octanol–water partition coefficient (Wildman–Crippen LogP) is 3.14. The van der Waals surface area contributed by atoms with Gasteiger partial charge in [-0.05, 0) is 33.6 Å². The van der Waals surface area contributed by atoms with Gasteiger partial charge in [-0.1, -0.05) is 5.16 Å². The molecule has 3 nitrogen and oxygen atoms in total. The molecule has 0 aliphatic carbocycles. The molecule has 5 heteroatoms. The van der Waals surface area contributed by atoms with Gasteiger partial charge in [0.2, 0.25) is 0 Å². The third kappa shape index (κ3) is 1.50. The minimum absolute atomic E-state index is 0.442. The molecular weight excluding hydrogens is 253 g/mol. The summed E-state index contributed by atoms with van der Waals surface area (Å²) in [5.41, 5.74) is 1.10. The highest BCUT2D eigenvalue weighted by atomic mass is 79.9. The molecule has 2 rings (SSSR count). The van der Waals surface area contributed by atoms with Crippen LogP contribution in [0.1, 0.15) is 5.56 Å². The number of rotatable bonds is 1. The lowest BCUT2D eigenvalue weighted by molar-refractivity contribution is 0.322. The van der Waals surface area contributed by atoms with Crippen molar-refractivity contribution in [3.63, 3.8) is 0 Å². The van der Waals surface area contributed by atoms with Crippen LogP contribution in [0, 0.1) is 6.01 Å². The van der Waals surface area contributed by atoms with E-state index in [2.05, 4.69) is 21.1 Å². The van der Waals surface area contributed by atoms with E-state index in [0.717, 1.165) is 0 Å². The molecule has 0 fully saturated rings. The molecule has 0 spiro atoms. The fraction of sp³-hybridized carbons (Fsp3) is 0. The summed E-state index contributed by atoms with van der Waals surface area (Å²) in [6, 6.07) is 3.96. The molecule has 0 unspecified atom stereocenters. The van der Waals surface area contributed by atoms with Crippen LogP contribution < -0.4 is 0 Å². The molecule has 0 amide bonds. The van der Waals surface area contributed by atoms with Crippen LogP contribution in [-0.2, 0) is 0 Å². The van der Waals surface area contributed by atoms with E-state index >= 15 is 0 Å². The van der Waals surface area contributed by atoms with Crippen molar-refractivity contribution in [2.45, 2.75) is 0 Å². The number of hydrogen-bond donors (Lipinski definition) is 1. The van der Waals surface area contributed by atoms with Crippen molar-refractivity contribution < 1.29 is 14.0 Å². The Balaban J connectivity index is 2.71. The predicted molar refractivity (Wildman–Crippen MR) is 53.3 cm³/mol. The quantitative estimate of drug-likeness (QED) is 0.485. The van der Waals surface area contributed by atoms with Gasteiger partial charge in [-0.25, -0.2) is 0 Å². The molecule has 0 saturated carbocycles. The number of oxime groups is 1. The van der Waals surface area contributed by atoms with E-state index in [1.54, 1.807) is 12.1 Å². The van der Waals surface area contributed by atoms with Crippen LogP contribution in [0.3, 0.4) is 0 Å². The zero-order chi connectivity index (χ0) is 10.1. The van der Waals surface area contributed by atoms with Crippen LogP contribution in [0.5, 0.6) is 0 Å². The maximum atomic E-state index is 12.7. The molecule has 1 N–H and O–H groups in total. The van der Waals surface area contributed by atoms with Gasteiger partial charge in [0.05, 0.1) is 10.7 Å². The first kappa shape index (κ1) is 9.21. The zero-order valence-corrected chi connectivity index (χ0v) is 8.45. The average molecular weight is 258 g/mol. The summed E-state index contributed by atoms with van der Waals surface area (Å²) in [5.74, 6) is 0. The monoisotopic (exact) mass is 257 g/mol. The average Bonchev–Trinajstić information content (AvgIpc) is 2.47. The third-order valence-corrected chi connectivity index (χ3v) is 2.36. The van der Waals surface area contributed by atoms with E-state index in [1.165, 1.54) is 12.3 Å². The van der Waals surface area contributed by atoms with Crippen LogP contribution in [0.2, 0.25) is 0 Å². The van der Waals surface area contributed by atoms with Crippen molar-refractivity contribution >= 4 is 33.1 Å². The summed E-state index contributed by atoms with van der Waals surface area (Å²) < 4.78 is 18.2. The Morgan fingerprint density at radius 3 is 2.93 bits per heavy atom. The minimum Gasteiger partial charge on any atom is -0.430 e. The highest BCUT2D eigenvalue weighted by molar-refractivity contribution is 9.10. The van der Waals surface area contributed by atoms with E-state index in [4.69, 9.17) is 9.62 Å². The molecule has 1 aromatic carbocycles. The Morgan fingerprint density at radius 1 is 1.43 bits per heavy atom. The fourth-order valence-corrected chi connectivity index (χ4v) is 1.82. The standard InChI is InChI=1S/C9H5BrFNO2/c10-7-2-5(4-12-13)1-6-3-8(11)14-9(6)7/h1-4,13H. The fourth-order valence-electron chi connectivity index (χ4n) is 1.24. The number of furan rings is 1. The molecular formula is C9H5BrFNO2. The molecule has 0 radical (unpaired) electrons. The summed E-state index contributed by atoms with van der Waals surface area (Å²) in [5, 5.41) is 11.9. The van der Waals surface area contributed by atoms with E-state index in [9.17, 15) is 4.39 Å². The number of fused-ring (bicyclic) bond motifs is 1. The molecule has 0 atom stereocenters. The van der Waals surface area contributed by atoms with Gasteiger partial charge in [0.1, 0.15) is 0 Å². The van der Waals surface area contributed by atoms with Gasteiger partial charge >= 0.3 is 0 Å². The number of benzene rings is 1. The Labute approximate surface area is 86.9 Å². The molecule has 0 aliphatic heterocycles. The van der Waals surface area contributed by atoms with Crippen LogP contribution in [0.4, 0.5) is 4.39 Å². The summed E-state index contributed by atoms with van der Waals surface area (Å²) in [7, 11) is 0. The Kier molecular flexibility index (Phi) is 2.25. The van der Waals surface area contributed by atoms with Gasteiger partial charge in [0.25, 0.3) is 6.01 Å². The minimum atomic E-state index is -0.640. The highest BCUT2D eigenvalue weighted by Crippen LogP contribution is 2.27. The van der Waals surface area contributed by atoms with Gasteiger partial charge in [-0.3, -0.25) is 0 Å². The number of nitrogens with zero attached hydrogens (tertiary/aromatic N) is 1. The van der Waals surface area contributed by atoms with E-state index in [1.807, 2.05) is 0 Å². The van der Waals surface area contributed by atoms with Crippen LogP contribution >= 0.6 is 15.9 Å². The Bertz CT molecular complexity index is 507. The van der Waals surface area contributed by atoms with Crippen molar-refractivity contribution in [2.24, 2.45) is 5.16 Å². The largest absolute Gasteiger partial charge is 0.430 e. The lowest BCUT2D eigenvalue weighted by Crippen LogP contribution is -1.80. The first-order valence-electron chi connectivity index (χ1n) is 3.77. The summed E-state index contributed by atoms with van der Waals surface area (Å²) in [4.78, 5) is 0. The van der Waals surface area contributed by atoms with Crippen LogP contribution in [0.15, 0.2) is 32.2 Å².